The first-order valence-corrected chi connectivity index (χ1v) is 1.68. The van der Waals surface area contributed by atoms with Crippen molar-refractivity contribution in [2.24, 2.45) is 0 Å². The zero-order valence-corrected chi connectivity index (χ0v) is 14.8. The third-order valence-corrected chi connectivity index (χ3v) is 0.401. The van der Waals surface area contributed by atoms with Gasteiger partial charge in [-0.15, -0.1) is 0 Å². The van der Waals surface area contributed by atoms with E-state index >= 15 is 0 Å². The molecule has 0 bridgehead atoms. The van der Waals surface area contributed by atoms with E-state index < -0.39 is 0 Å². The summed E-state index contributed by atoms with van der Waals surface area (Å²) in [5.74, 6) is 0. The Morgan fingerprint density at radius 2 is 1.50 bits per heavy atom. The maximum Gasteiger partial charge on any atom is 4.00 e. The molecule has 0 fully saturated rings. The van der Waals surface area contributed by atoms with Crippen LogP contribution in [0.2, 0.25) is 0 Å². The molecule has 0 heterocycles. The first kappa shape index (κ1) is 39.9. The third-order valence-electron chi connectivity index (χ3n) is 0.160. The van der Waals surface area contributed by atoms with E-state index in [1.54, 1.807) is 0 Å². The Morgan fingerprint density at radius 3 is 1.50 bits per heavy atom. The fraction of sp³-hybridized carbons (Fsp3) is 0. The Labute approximate surface area is 117 Å². The molecule has 0 rings (SSSR count). The Bertz CT molecular complexity index is 74.8. The number of allylic oxidation sites excluding steroid dienone is 1. The number of carbonyl (C=O) groups is 1. The van der Waals surface area contributed by atoms with Crippen LogP contribution in [0.5, 0.6) is 0 Å². The van der Waals surface area contributed by atoms with Crippen molar-refractivity contribution < 1.29 is 31.8 Å². The Hall–Kier alpha value is 2.15. The van der Waals surface area contributed by atoms with E-state index in [0.29, 0.717) is 0 Å². The van der Waals surface area contributed by atoms with Crippen molar-refractivity contribution >= 4 is 74.2 Å². The minimum atomic E-state index is -0.169. The van der Waals surface area contributed by atoms with Gasteiger partial charge in [-0.05, 0) is 0 Å². The van der Waals surface area contributed by atoms with E-state index in [1.165, 1.54) is 6.08 Å². The van der Waals surface area contributed by atoms with Gasteiger partial charge in [0.15, 0.2) is 0 Å². The van der Waals surface area contributed by atoms with Crippen LogP contribution in [0.1, 0.15) is 0 Å². The molecular weight excluding hydrogens is 442 g/mol. The van der Waals surface area contributed by atoms with Crippen molar-refractivity contribution in [3.8, 4) is 0 Å². The molecule has 7 heteroatoms. The molecular formula is C3H3GaInMnO3Sn+7. The molecule has 0 N–H and O–H groups in total. The van der Waals surface area contributed by atoms with E-state index in [0.717, 1.165) is 0 Å². The smallest absolute Gasteiger partial charge is 2.00 e. The van der Waals surface area contributed by atoms with Gasteiger partial charge in [-0.2, -0.15) is 0 Å². The second-order valence-corrected chi connectivity index (χ2v) is 1.09. The molecule has 0 amide bonds. The van der Waals surface area contributed by atoms with Gasteiger partial charge in [0.25, 0.3) is 0 Å². The monoisotopic (exact) mass is 446 g/mol. The summed E-state index contributed by atoms with van der Waals surface area (Å²) in [4.78, 5) is 9.61. The molecule has 43 valence electrons. The SMILES string of the molecule is C=C[C](=O)[Mn+].[Ga+3].[In+3].[O-2].[O-2].[Sn+4]. The Morgan fingerprint density at radius 1 is 1.40 bits per heavy atom. The maximum atomic E-state index is 9.61. The number of rotatable bonds is 1. The molecule has 0 atom stereocenters. The van der Waals surface area contributed by atoms with E-state index in [2.05, 4.69) is 22.6 Å². The average molecular weight is 445 g/mol. The summed E-state index contributed by atoms with van der Waals surface area (Å²) in [5, 5.41) is 0. The van der Waals surface area contributed by atoms with Crippen LogP contribution in [-0.2, 0) is 31.8 Å². The van der Waals surface area contributed by atoms with Crippen LogP contribution in [0.15, 0.2) is 12.7 Å². The molecule has 0 aromatic heterocycles. The van der Waals surface area contributed by atoms with Gasteiger partial charge in [-0.3, -0.25) is 0 Å². The van der Waals surface area contributed by atoms with Crippen molar-refractivity contribution in [2.75, 3.05) is 0 Å². The van der Waals surface area contributed by atoms with Crippen molar-refractivity contribution in [3.63, 3.8) is 0 Å². The van der Waals surface area contributed by atoms with Crippen molar-refractivity contribution in [1.82, 2.24) is 0 Å². The fourth-order valence-corrected chi connectivity index (χ4v) is 0. The molecule has 0 aliphatic carbocycles. The standard InChI is InChI=1S/C3H3O.Ga.In.Mn.2O.Sn/c1-2-3-4;;;;;;/h2H,1H2;;;;;;/q;2*+3;+1;2*-2;+4. The van der Waals surface area contributed by atoms with Crippen molar-refractivity contribution in [3.05, 3.63) is 12.7 Å². The predicted molar refractivity (Wildman–Crippen MR) is 33.8 cm³/mol. The third kappa shape index (κ3) is 49.3. The summed E-state index contributed by atoms with van der Waals surface area (Å²) in [5.41, 5.74) is 0. The van der Waals surface area contributed by atoms with E-state index in [9.17, 15) is 4.79 Å². The summed E-state index contributed by atoms with van der Waals surface area (Å²) in [7, 11) is 0. The maximum absolute atomic E-state index is 9.61. The van der Waals surface area contributed by atoms with E-state index in [4.69, 9.17) is 0 Å². The molecule has 0 spiro atoms. The van der Waals surface area contributed by atoms with Gasteiger partial charge in [0.05, 0.1) is 0 Å². The van der Waals surface area contributed by atoms with Crippen LogP contribution < -0.4 is 0 Å². The summed E-state index contributed by atoms with van der Waals surface area (Å²) in [6, 6.07) is 0. The second-order valence-electron chi connectivity index (χ2n) is 0.508. The topological polar surface area (TPSA) is 74.1 Å². The molecule has 0 saturated carbocycles. The molecule has 0 saturated heterocycles. The van der Waals surface area contributed by atoms with Crippen molar-refractivity contribution in [1.29, 1.82) is 0 Å². The molecule has 0 aromatic carbocycles. The predicted octanol–water partition coefficient (Wildman–Crippen LogP) is -1.13. The van der Waals surface area contributed by atoms with Crippen molar-refractivity contribution in [2.45, 2.75) is 0 Å². The zero-order chi connectivity index (χ0) is 4.28. The largest absolute Gasteiger partial charge is 4.00 e. The number of carbonyl (C=O) groups excluding carboxylic acids is 1. The van der Waals surface area contributed by atoms with Crippen LogP contribution in [-0.4, -0.2) is 74.2 Å². The van der Waals surface area contributed by atoms with Crippen LogP contribution >= 0.6 is 0 Å². The summed E-state index contributed by atoms with van der Waals surface area (Å²) < 4.78 is -0.169. The molecule has 0 aliphatic rings. The van der Waals surface area contributed by atoms with Gasteiger partial charge in [0.1, 0.15) is 0 Å². The van der Waals surface area contributed by atoms with Crippen LogP contribution in [0.3, 0.4) is 0 Å². The average Bonchev–Trinajstić information content (AvgIpc) is 1.38. The molecule has 0 unspecified atom stereocenters. The minimum Gasteiger partial charge on any atom is -2.00 e. The van der Waals surface area contributed by atoms with Gasteiger partial charge < -0.3 is 11.0 Å². The summed E-state index contributed by atoms with van der Waals surface area (Å²) in [6.45, 7) is 3.16. The molecule has 3 nitrogen and oxygen atoms in total. The minimum absolute atomic E-state index is 0. The first-order chi connectivity index (χ1) is 2.27. The molecule has 10 heavy (non-hydrogen) atoms. The van der Waals surface area contributed by atoms with E-state index in [-0.39, 0.29) is 85.2 Å². The second kappa shape index (κ2) is 30.4. The zero-order valence-electron chi connectivity index (χ0n) is 5.04. The quantitative estimate of drug-likeness (QED) is 0.372. The van der Waals surface area contributed by atoms with Crippen LogP contribution in [0, 0.1) is 0 Å². The summed E-state index contributed by atoms with van der Waals surface area (Å²) >= 11 is 2.62. The normalized spacial score (nSPS) is 3.20. The number of hydrogen-bond acceptors (Lipinski definition) is 1. The van der Waals surface area contributed by atoms with Crippen LogP contribution in [0.25, 0.3) is 0 Å². The van der Waals surface area contributed by atoms with E-state index in [1.807, 2.05) is 0 Å². The number of hydrogen-bond donors (Lipinski definition) is 0. The molecule has 0 aliphatic heterocycles. The molecule has 0 radical (unpaired) electrons. The van der Waals surface area contributed by atoms with Gasteiger partial charge in [-0.25, -0.2) is 0 Å². The van der Waals surface area contributed by atoms with Gasteiger partial charge in [0, 0.05) is 0 Å². The fourth-order valence-electron chi connectivity index (χ4n) is 0. The van der Waals surface area contributed by atoms with Crippen LogP contribution in [0.4, 0.5) is 0 Å². The van der Waals surface area contributed by atoms with Gasteiger partial charge >= 0.3 is 108 Å². The van der Waals surface area contributed by atoms with Gasteiger partial charge in [0.2, 0.25) is 0 Å². The first-order valence-electron chi connectivity index (χ1n) is 1.09. The Balaban J connectivity index is -0.00000000800. The summed E-state index contributed by atoms with van der Waals surface area (Å²) in [6.07, 6.45) is 1.19. The van der Waals surface area contributed by atoms with Gasteiger partial charge in [-0.1, -0.05) is 0 Å². The Kier molecular flexibility index (Phi) is 121. The molecule has 0 aromatic rings.